The number of H-pyrrole nitrogens is 1. The van der Waals surface area contributed by atoms with Crippen LogP contribution in [-0.2, 0) is 17.6 Å². The van der Waals surface area contributed by atoms with Crippen molar-refractivity contribution in [2.45, 2.75) is 43.5 Å². The Kier molecular flexibility index (Phi) is 4.52. The largest absolute Gasteiger partial charge is 0.325 e. The third kappa shape index (κ3) is 3.47. The number of aryl methyl sites for hydroxylation is 2. The van der Waals surface area contributed by atoms with Crippen molar-refractivity contribution < 1.29 is 4.79 Å². The minimum absolute atomic E-state index is 0.0680. The molecule has 6 heteroatoms. The number of thioether (sulfide) groups is 1. The molecule has 0 radical (unpaired) electrons. The topological polar surface area (TPSA) is 74.8 Å². The summed E-state index contributed by atoms with van der Waals surface area (Å²) in [7, 11) is 0. The predicted molar refractivity (Wildman–Crippen MR) is 92.0 cm³/mol. The van der Waals surface area contributed by atoms with Crippen LogP contribution in [0.25, 0.3) is 0 Å². The summed E-state index contributed by atoms with van der Waals surface area (Å²) < 4.78 is 0. The van der Waals surface area contributed by atoms with Gasteiger partial charge in [0.25, 0.3) is 5.56 Å². The number of benzene rings is 1. The van der Waals surface area contributed by atoms with Gasteiger partial charge in [0.2, 0.25) is 5.91 Å². The maximum atomic E-state index is 12.3. The Morgan fingerprint density at radius 2 is 2.13 bits per heavy atom. The molecule has 0 saturated carbocycles. The van der Waals surface area contributed by atoms with Crippen molar-refractivity contribution in [2.75, 3.05) is 5.32 Å². The monoisotopic (exact) mass is 329 g/mol. The zero-order valence-electron chi connectivity index (χ0n) is 13.2. The van der Waals surface area contributed by atoms with Gasteiger partial charge in [-0.1, -0.05) is 30.0 Å². The summed E-state index contributed by atoms with van der Waals surface area (Å²) in [5, 5.41) is 3.08. The van der Waals surface area contributed by atoms with E-state index < -0.39 is 0 Å². The van der Waals surface area contributed by atoms with Crippen LogP contribution < -0.4 is 10.9 Å². The van der Waals surface area contributed by atoms with Gasteiger partial charge >= 0.3 is 0 Å². The SMILES string of the molecule is Cc1ccccc1NC(=O)[C@H](C)Sc1nc2c(c(=O)[nH]1)CCC2. The van der Waals surface area contributed by atoms with Crippen LogP contribution in [0.2, 0.25) is 0 Å². The second kappa shape index (κ2) is 6.58. The lowest BCUT2D eigenvalue weighted by Crippen LogP contribution is -2.24. The Morgan fingerprint density at radius 1 is 1.35 bits per heavy atom. The van der Waals surface area contributed by atoms with E-state index in [2.05, 4.69) is 15.3 Å². The van der Waals surface area contributed by atoms with Gasteiger partial charge in [0.05, 0.1) is 10.9 Å². The lowest BCUT2D eigenvalue weighted by molar-refractivity contribution is -0.115. The molecular formula is C17H19N3O2S. The minimum atomic E-state index is -0.350. The molecule has 2 N–H and O–H groups in total. The number of carbonyl (C=O) groups is 1. The molecule has 3 rings (SSSR count). The van der Waals surface area contributed by atoms with E-state index in [0.29, 0.717) is 5.16 Å². The zero-order valence-corrected chi connectivity index (χ0v) is 14.0. The van der Waals surface area contributed by atoms with E-state index in [1.165, 1.54) is 11.8 Å². The summed E-state index contributed by atoms with van der Waals surface area (Å²) in [6.45, 7) is 3.76. The molecule has 0 aliphatic heterocycles. The van der Waals surface area contributed by atoms with E-state index in [9.17, 15) is 9.59 Å². The molecule has 1 atom stereocenters. The molecule has 0 unspecified atom stereocenters. The Hall–Kier alpha value is -2.08. The molecule has 5 nitrogen and oxygen atoms in total. The van der Waals surface area contributed by atoms with Crippen molar-refractivity contribution in [1.29, 1.82) is 0 Å². The van der Waals surface area contributed by atoms with Gasteiger partial charge in [0, 0.05) is 11.3 Å². The van der Waals surface area contributed by atoms with Crippen molar-refractivity contribution in [2.24, 2.45) is 0 Å². The van der Waals surface area contributed by atoms with Gasteiger partial charge in [-0.15, -0.1) is 0 Å². The number of fused-ring (bicyclic) bond motifs is 1. The Balaban J connectivity index is 1.71. The molecule has 0 bridgehead atoms. The number of aromatic amines is 1. The summed E-state index contributed by atoms with van der Waals surface area (Å²) in [6.07, 6.45) is 2.62. The van der Waals surface area contributed by atoms with Gasteiger partial charge in [-0.2, -0.15) is 0 Å². The number of hydrogen-bond donors (Lipinski definition) is 2. The standard InChI is InChI=1S/C17H19N3O2S/c1-10-6-3-4-8-13(10)18-15(21)11(2)23-17-19-14-9-5-7-12(14)16(22)20-17/h3-4,6,8,11H,5,7,9H2,1-2H3,(H,18,21)(H,19,20,22)/t11-/m0/s1. The van der Waals surface area contributed by atoms with Gasteiger partial charge in [0.1, 0.15) is 0 Å². The van der Waals surface area contributed by atoms with E-state index >= 15 is 0 Å². The third-order valence-corrected chi connectivity index (χ3v) is 4.96. The van der Waals surface area contributed by atoms with Gasteiger partial charge in [-0.05, 0) is 44.7 Å². The molecule has 1 aromatic carbocycles. The maximum Gasteiger partial charge on any atom is 0.254 e. The molecular weight excluding hydrogens is 310 g/mol. The van der Waals surface area contributed by atoms with E-state index in [1.807, 2.05) is 38.1 Å². The second-order valence-electron chi connectivity index (χ2n) is 5.71. The van der Waals surface area contributed by atoms with Crippen LogP contribution in [0.15, 0.2) is 34.2 Å². The highest BCUT2D eigenvalue weighted by molar-refractivity contribution is 8.00. The van der Waals surface area contributed by atoms with Gasteiger partial charge < -0.3 is 10.3 Å². The van der Waals surface area contributed by atoms with E-state index in [1.54, 1.807) is 0 Å². The Bertz CT molecular complexity index is 801. The third-order valence-electron chi connectivity index (χ3n) is 3.98. The van der Waals surface area contributed by atoms with Gasteiger partial charge in [-0.3, -0.25) is 9.59 Å². The number of aromatic nitrogens is 2. The van der Waals surface area contributed by atoms with E-state index in [4.69, 9.17) is 0 Å². The van der Waals surface area contributed by atoms with Crippen molar-refractivity contribution >= 4 is 23.4 Å². The van der Waals surface area contributed by atoms with Gasteiger partial charge in [0.15, 0.2) is 5.16 Å². The van der Waals surface area contributed by atoms with Crippen molar-refractivity contribution in [1.82, 2.24) is 9.97 Å². The van der Waals surface area contributed by atoms with E-state index in [0.717, 1.165) is 41.8 Å². The first-order chi connectivity index (χ1) is 11.0. The molecule has 120 valence electrons. The Labute approximate surface area is 138 Å². The van der Waals surface area contributed by atoms with Crippen LogP contribution in [0.5, 0.6) is 0 Å². The first kappa shape index (κ1) is 15.8. The highest BCUT2D eigenvalue weighted by atomic mass is 32.2. The highest BCUT2D eigenvalue weighted by Gasteiger charge is 2.20. The van der Waals surface area contributed by atoms with Crippen molar-refractivity contribution in [3.05, 3.63) is 51.4 Å². The summed E-state index contributed by atoms with van der Waals surface area (Å²) >= 11 is 1.28. The van der Waals surface area contributed by atoms with Crippen LogP contribution in [0.1, 0.15) is 30.2 Å². The van der Waals surface area contributed by atoms with Crippen LogP contribution in [0.4, 0.5) is 5.69 Å². The lowest BCUT2D eigenvalue weighted by atomic mass is 10.2. The first-order valence-corrected chi connectivity index (χ1v) is 8.58. The number of amides is 1. The average Bonchev–Trinajstić information content (AvgIpc) is 2.98. The van der Waals surface area contributed by atoms with Gasteiger partial charge in [-0.25, -0.2) is 4.98 Å². The quantitative estimate of drug-likeness (QED) is 0.668. The minimum Gasteiger partial charge on any atom is -0.325 e. The number of nitrogens with zero attached hydrogens (tertiary/aromatic N) is 1. The number of anilines is 1. The number of hydrogen-bond acceptors (Lipinski definition) is 4. The molecule has 0 saturated heterocycles. The zero-order chi connectivity index (χ0) is 16.4. The van der Waals surface area contributed by atoms with Crippen LogP contribution in [0, 0.1) is 6.92 Å². The first-order valence-electron chi connectivity index (χ1n) is 7.70. The van der Waals surface area contributed by atoms with Crippen LogP contribution >= 0.6 is 11.8 Å². The smallest absolute Gasteiger partial charge is 0.254 e. The summed E-state index contributed by atoms with van der Waals surface area (Å²) in [4.78, 5) is 31.6. The molecule has 0 fully saturated rings. The molecule has 1 aliphatic rings. The Morgan fingerprint density at radius 3 is 2.91 bits per heavy atom. The van der Waals surface area contributed by atoms with Crippen LogP contribution in [0.3, 0.4) is 0 Å². The molecule has 1 aromatic heterocycles. The molecule has 1 aliphatic carbocycles. The molecule has 23 heavy (non-hydrogen) atoms. The highest BCUT2D eigenvalue weighted by Crippen LogP contribution is 2.24. The summed E-state index contributed by atoms with van der Waals surface area (Å²) in [5.41, 5.74) is 3.43. The normalized spacial score (nSPS) is 14.3. The number of para-hydroxylation sites is 1. The molecule has 2 aromatic rings. The van der Waals surface area contributed by atoms with Crippen molar-refractivity contribution in [3.8, 4) is 0 Å². The number of rotatable bonds is 4. The maximum absolute atomic E-state index is 12.3. The fourth-order valence-electron chi connectivity index (χ4n) is 2.64. The fraction of sp³-hybridized carbons (Fsp3) is 0.353. The van der Waals surface area contributed by atoms with Crippen molar-refractivity contribution in [3.63, 3.8) is 0 Å². The predicted octanol–water partition coefficient (Wildman–Crippen LogP) is 2.69. The molecule has 0 spiro atoms. The molecule has 1 amide bonds. The average molecular weight is 329 g/mol. The fourth-order valence-corrected chi connectivity index (χ4v) is 3.46. The summed E-state index contributed by atoms with van der Waals surface area (Å²) in [5.74, 6) is -0.104. The van der Waals surface area contributed by atoms with E-state index in [-0.39, 0.29) is 16.7 Å². The molecule has 1 heterocycles. The van der Waals surface area contributed by atoms with Crippen LogP contribution in [-0.4, -0.2) is 21.1 Å². The number of carbonyl (C=O) groups excluding carboxylic acids is 1. The number of nitrogens with one attached hydrogen (secondary N) is 2. The second-order valence-corrected chi connectivity index (χ2v) is 7.04. The summed E-state index contributed by atoms with van der Waals surface area (Å²) in [6, 6.07) is 7.65. The lowest BCUT2D eigenvalue weighted by Gasteiger charge is -2.13.